The molecule has 38 heavy (non-hydrogen) atoms. The summed E-state index contributed by atoms with van der Waals surface area (Å²) in [6.45, 7) is -0.991. The third-order valence-electron chi connectivity index (χ3n) is 5.61. The van der Waals surface area contributed by atoms with E-state index in [-0.39, 0.29) is 43.7 Å². The zero-order valence-corrected chi connectivity index (χ0v) is 20.5. The number of ketones is 1. The van der Waals surface area contributed by atoms with E-state index >= 15 is 0 Å². The Bertz CT molecular complexity index is 1280. The molecule has 1 aliphatic rings. The van der Waals surface area contributed by atoms with Gasteiger partial charge in [-0.05, 0) is 12.1 Å². The van der Waals surface area contributed by atoms with E-state index in [2.05, 4.69) is 10.1 Å². The van der Waals surface area contributed by atoms with Gasteiger partial charge in [0.15, 0.2) is 23.2 Å². The Hall–Kier alpha value is -3.56. The molecule has 2 N–H and O–H groups in total. The predicted molar refractivity (Wildman–Crippen MR) is 123 cm³/mol. The number of hydrogen-bond donors (Lipinski definition) is 2. The minimum Gasteiger partial charge on any atom is -0.481 e. The molecule has 2 aromatic carbocycles. The van der Waals surface area contributed by atoms with Crippen LogP contribution >= 0.6 is 0 Å². The number of aliphatic carboxylic acids is 1. The van der Waals surface area contributed by atoms with Crippen LogP contribution in [0.3, 0.4) is 0 Å². The molecule has 15 heteroatoms. The molecule has 0 saturated carbocycles. The van der Waals surface area contributed by atoms with Gasteiger partial charge in [0.1, 0.15) is 12.6 Å². The van der Waals surface area contributed by atoms with Crippen molar-refractivity contribution in [3.05, 3.63) is 59.7 Å². The number of ether oxygens (including phenoxy) is 1. The van der Waals surface area contributed by atoms with Crippen LogP contribution in [0.2, 0.25) is 0 Å². The number of rotatable bonds is 11. The summed E-state index contributed by atoms with van der Waals surface area (Å²) in [6.07, 6.45) is -0.903. The lowest BCUT2D eigenvalue weighted by Gasteiger charge is -2.33. The van der Waals surface area contributed by atoms with Gasteiger partial charge < -0.3 is 15.2 Å². The smallest absolute Gasteiger partial charge is 0.305 e. The van der Waals surface area contributed by atoms with Gasteiger partial charge in [-0.3, -0.25) is 19.3 Å². The van der Waals surface area contributed by atoms with E-state index in [9.17, 15) is 40.4 Å². The van der Waals surface area contributed by atoms with Gasteiger partial charge >= 0.3 is 5.97 Å². The summed E-state index contributed by atoms with van der Waals surface area (Å²) < 4.78 is 85.4. The Morgan fingerprint density at radius 3 is 2.11 bits per heavy atom. The van der Waals surface area contributed by atoms with Crippen molar-refractivity contribution in [1.82, 2.24) is 14.5 Å². The number of nitrogens with one attached hydrogen (secondary N) is 1. The van der Waals surface area contributed by atoms with Crippen molar-refractivity contribution in [2.45, 2.75) is 17.4 Å². The van der Waals surface area contributed by atoms with Crippen LogP contribution in [0.15, 0.2) is 41.3 Å². The number of benzene rings is 2. The Labute approximate surface area is 214 Å². The van der Waals surface area contributed by atoms with Crippen molar-refractivity contribution < 1.29 is 50.2 Å². The minimum absolute atomic E-state index is 0.0519. The molecule has 1 amide bonds. The van der Waals surface area contributed by atoms with Gasteiger partial charge in [0, 0.05) is 32.2 Å². The summed E-state index contributed by atoms with van der Waals surface area (Å²) >= 11 is 0. The second kappa shape index (κ2) is 12.3. The molecule has 0 bridgehead atoms. The Balaban J connectivity index is 1.57. The molecular weight excluding hydrogens is 538 g/mol. The summed E-state index contributed by atoms with van der Waals surface area (Å²) in [6, 6.07) is 6.07. The third-order valence-corrected chi connectivity index (χ3v) is 7.53. The number of halogens is 4. The molecule has 0 unspecified atom stereocenters. The fourth-order valence-electron chi connectivity index (χ4n) is 3.65. The number of carboxylic acid groups (broad SMARTS) is 1. The third kappa shape index (κ3) is 7.05. The van der Waals surface area contributed by atoms with E-state index in [1.54, 1.807) is 23.1 Å². The molecule has 0 spiro atoms. The van der Waals surface area contributed by atoms with Crippen molar-refractivity contribution in [2.24, 2.45) is 0 Å². The average molecular weight is 562 g/mol. The van der Waals surface area contributed by atoms with Crippen LogP contribution in [-0.2, 0) is 24.4 Å². The van der Waals surface area contributed by atoms with Crippen molar-refractivity contribution in [1.29, 1.82) is 0 Å². The molecule has 1 aliphatic heterocycles. The van der Waals surface area contributed by atoms with E-state index < -0.39 is 75.8 Å². The first-order chi connectivity index (χ1) is 17.9. The van der Waals surface area contributed by atoms with Gasteiger partial charge in [-0.25, -0.2) is 17.2 Å². The molecule has 0 aromatic heterocycles. The molecule has 3 rings (SSSR count). The standard InChI is InChI=1S/C23H23F4N3O7S/c24-15-10-16(25)22(27)23(21(15)26)37-13-18(31)17(11-20(33)34)28-19(32)12-29-6-8-30(9-7-29)38(35,36)14-4-2-1-3-5-14/h1-5,10,17H,6-9,11-13H2,(H,28,32)(H,33,34)/t17-/m0/s1. The monoisotopic (exact) mass is 561 g/mol. The van der Waals surface area contributed by atoms with E-state index in [4.69, 9.17) is 5.11 Å². The lowest BCUT2D eigenvalue weighted by atomic mass is 10.1. The van der Waals surface area contributed by atoms with Crippen LogP contribution in [0.5, 0.6) is 5.75 Å². The maximum atomic E-state index is 13.7. The second-order valence-electron chi connectivity index (χ2n) is 8.26. The van der Waals surface area contributed by atoms with Crippen molar-refractivity contribution >= 4 is 27.7 Å². The van der Waals surface area contributed by atoms with Crippen LogP contribution in [0.1, 0.15) is 6.42 Å². The first-order valence-corrected chi connectivity index (χ1v) is 12.6. The highest BCUT2D eigenvalue weighted by Gasteiger charge is 2.31. The number of carbonyl (C=O) groups is 3. The van der Waals surface area contributed by atoms with Crippen LogP contribution in [0, 0.1) is 23.3 Å². The number of sulfonamides is 1. The highest BCUT2D eigenvalue weighted by Crippen LogP contribution is 2.26. The normalized spacial score (nSPS) is 15.6. The highest BCUT2D eigenvalue weighted by atomic mass is 32.2. The number of piperazine rings is 1. The Kier molecular flexibility index (Phi) is 9.40. The zero-order chi connectivity index (χ0) is 28.0. The van der Waals surface area contributed by atoms with Crippen LogP contribution in [-0.4, -0.2) is 85.8 Å². The molecular formula is C23H23F4N3O7S. The van der Waals surface area contributed by atoms with Gasteiger partial charge in [0.25, 0.3) is 0 Å². The van der Waals surface area contributed by atoms with Gasteiger partial charge in [-0.15, -0.1) is 0 Å². The molecule has 0 aliphatic carbocycles. The minimum atomic E-state index is -3.72. The van der Waals surface area contributed by atoms with Crippen LogP contribution in [0.4, 0.5) is 17.6 Å². The highest BCUT2D eigenvalue weighted by molar-refractivity contribution is 7.89. The average Bonchev–Trinajstić information content (AvgIpc) is 2.87. The molecule has 1 saturated heterocycles. The number of amides is 1. The van der Waals surface area contributed by atoms with Crippen LogP contribution in [0.25, 0.3) is 0 Å². The van der Waals surface area contributed by atoms with Gasteiger partial charge in [0.2, 0.25) is 27.6 Å². The first-order valence-electron chi connectivity index (χ1n) is 11.2. The summed E-state index contributed by atoms with van der Waals surface area (Å²) in [5.41, 5.74) is 0. The van der Waals surface area contributed by atoms with Crippen molar-refractivity contribution in [3.63, 3.8) is 0 Å². The largest absolute Gasteiger partial charge is 0.481 e. The maximum absolute atomic E-state index is 13.7. The van der Waals surface area contributed by atoms with Crippen LogP contribution < -0.4 is 10.1 Å². The van der Waals surface area contributed by atoms with E-state index in [0.717, 1.165) is 0 Å². The summed E-state index contributed by atoms with van der Waals surface area (Å²) in [4.78, 5) is 37.8. The molecule has 10 nitrogen and oxygen atoms in total. The first kappa shape index (κ1) is 29.0. The molecule has 1 atom stereocenters. The van der Waals surface area contributed by atoms with Gasteiger partial charge in [0.05, 0.1) is 17.9 Å². The quantitative estimate of drug-likeness (QED) is 0.309. The number of Topliss-reactive ketones (excluding diaryl/α,β-unsaturated/α-hetero) is 1. The van der Waals surface area contributed by atoms with Gasteiger partial charge in [-0.2, -0.15) is 13.1 Å². The van der Waals surface area contributed by atoms with Gasteiger partial charge in [-0.1, -0.05) is 18.2 Å². The number of carboxylic acids is 1. The lowest BCUT2D eigenvalue weighted by molar-refractivity contribution is -0.140. The van der Waals surface area contributed by atoms with E-state index in [1.807, 2.05) is 0 Å². The lowest BCUT2D eigenvalue weighted by Crippen LogP contribution is -2.53. The molecule has 0 radical (unpaired) electrons. The zero-order valence-electron chi connectivity index (χ0n) is 19.7. The second-order valence-corrected chi connectivity index (χ2v) is 10.2. The number of hydrogen-bond acceptors (Lipinski definition) is 7. The van der Waals surface area contributed by atoms with E-state index in [1.165, 1.54) is 16.4 Å². The summed E-state index contributed by atoms with van der Waals surface area (Å²) in [7, 11) is -3.72. The summed E-state index contributed by atoms with van der Waals surface area (Å²) in [5.74, 6) is -12.2. The Morgan fingerprint density at radius 1 is 0.974 bits per heavy atom. The Morgan fingerprint density at radius 2 is 1.55 bits per heavy atom. The van der Waals surface area contributed by atoms with Crippen molar-refractivity contribution in [3.8, 4) is 5.75 Å². The number of nitrogens with zero attached hydrogens (tertiary/aromatic N) is 2. The molecule has 1 fully saturated rings. The maximum Gasteiger partial charge on any atom is 0.305 e. The molecule has 1 heterocycles. The number of carbonyl (C=O) groups excluding carboxylic acids is 2. The van der Waals surface area contributed by atoms with E-state index in [0.29, 0.717) is 0 Å². The van der Waals surface area contributed by atoms with Crippen molar-refractivity contribution in [2.75, 3.05) is 39.3 Å². The summed E-state index contributed by atoms with van der Waals surface area (Å²) in [5, 5.41) is 11.3. The fourth-order valence-corrected chi connectivity index (χ4v) is 5.10. The molecule has 206 valence electrons. The predicted octanol–water partition coefficient (Wildman–Crippen LogP) is 1.16. The topological polar surface area (TPSA) is 133 Å². The SMILES string of the molecule is O=C(O)C[C@H](NC(=O)CN1CCN(S(=O)(=O)c2ccccc2)CC1)C(=O)COc1c(F)c(F)cc(F)c1F. The fraction of sp³-hybridized carbons (Fsp3) is 0.348. The molecule has 2 aromatic rings.